The number of thiazole rings is 1. The molecule has 8 heteroatoms. The standard InChI is InChI=1S/C20H16FN5OS/c21-15-5-2-1-4-13(15)10-16-17(12-6-7-12)24-20(28-16)25-19(27)14-11-23-26-9-3-8-22-18(14)26/h1-5,8-9,11-12H,6-7,10H2,(H,24,25,27). The van der Waals surface area contributed by atoms with E-state index in [1.165, 1.54) is 23.6 Å². The van der Waals surface area contributed by atoms with Crippen molar-refractivity contribution in [2.45, 2.75) is 25.2 Å². The molecule has 0 unspecified atom stereocenters. The molecule has 0 atom stereocenters. The number of carbonyl (C=O) groups is 1. The van der Waals surface area contributed by atoms with Crippen molar-refractivity contribution in [1.29, 1.82) is 0 Å². The van der Waals surface area contributed by atoms with E-state index in [0.29, 0.717) is 34.2 Å². The first-order valence-corrected chi connectivity index (χ1v) is 9.83. The Balaban J connectivity index is 1.43. The Morgan fingerprint density at radius 3 is 2.96 bits per heavy atom. The normalized spacial score (nSPS) is 13.8. The van der Waals surface area contributed by atoms with Crippen LogP contribution in [0.25, 0.3) is 5.65 Å². The van der Waals surface area contributed by atoms with Gasteiger partial charge in [0.05, 0.1) is 11.9 Å². The van der Waals surface area contributed by atoms with Gasteiger partial charge in [-0.15, -0.1) is 11.3 Å². The lowest BCUT2D eigenvalue weighted by atomic mass is 10.1. The molecule has 1 aliphatic carbocycles. The summed E-state index contributed by atoms with van der Waals surface area (Å²) in [6, 6.07) is 8.52. The highest BCUT2D eigenvalue weighted by molar-refractivity contribution is 7.16. The third-order valence-corrected chi connectivity index (χ3v) is 5.73. The monoisotopic (exact) mass is 393 g/mol. The Morgan fingerprint density at radius 2 is 2.14 bits per heavy atom. The number of halogens is 1. The smallest absolute Gasteiger partial charge is 0.262 e. The maximum atomic E-state index is 14.1. The van der Waals surface area contributed by atoms with Crippen molar-refractivity contribution in [3.8, 4) is 0 Å². The molecule has 1 fully saturated rings. The number of anilines is 1. The van der Waals surface area contributed by atoms with Crippen LogP contribution < -0.4 is 5.32 Å². The van der Waals surface area contributed by atoms with Gasteiger partial charge in [-0.2, -0.15) is 5.10 Å². The molecule has 28 heavy (non-hydrogen) atoms. The maximum absolute atomic E-state index is 14.1. The molecule has 140 valence electrons. The first-order valence-electron chi connectivity index (χ1n) is 9.02. The Bertz CT molecular complexity index is 1180. The maximum Gasteiger partial charge on any atom is 0.262 e. The van der Waals surface area contributed by atoms with Crippen LogP contribution in [0.3, 0.4) is 0 Å². The van der Waals surface area contributed by atoms with Gasteiger partial charge in [0.15, 0.2) is 10.8 Å². The molecule has 1 saturated carbocycles. The van der Waals surface area contributed by atoms with Gasteiger partial charge in [0.2, 0.25) is 0 Å². The number of hydrogen-bond acceptors (Lipinski definition) is 5. The molecular formula is C20H16FN5OS. The summed E-state index contributed by atoms with van der Waals surface area (Å²) < 4.78 is 15.6. The molecule has 3 heterocycles. The summed E-state index contributed by atoms with van der Waals surface area (Å²) in [5, 5.41) is 7.53. The van der Waals surface area contributed by atoms with Gasteiger partial charge in [-0.25, -0.2) is 18.9 Å². The van der Waals surface area contributed by atoms with Gasteiger partial charge >= 0.3 is 0 Å². The number of nitrogens with one attached hydrogen (secondary N) is 1. The zero-order chi connectivity index (χ0) is 19.1. The van der Waals surface area contributed by atoms with E-state index in [9.17, 15) is 9.18 Å². The van der Waals surface area contributed by atoms with Gasteiger partial charge in [-0.05, 0) is 30.5 Å². The van der Waals surface area contributed by atoms with E-state index in [1.807, 2.05) is 6.07 Å². The highest BCUT2D eigenvalue weighted by Gasteiger charge is 2.30. The molecule has 1 N–H and O–H groups in total. The number of fused-ring (bicyclic) bond motifs is 1. The van der Waals surface area contributed by atoms with E-state index in [4.69, 9.17) is 0 Å². The number of hydrogen-bond donors (Lipinski definition) is 1. The quantitative estimate of drug-likeness (QED) is 0.555. The van der Waals surface area contributed by atoms with E-state index in [1.54, 1.807) is 35.1 Å². The second-order valence-corrected chi connectivity index (χ2v) is 7.85. The van der Waals surface area contributed by atoms with E-state index < -0.39 is 0 Å². The highest BCUT2D eigenvalue weighted by atomic mass is 32.1. The van der Waals surface area contributed by atoms with Crippen molar-refractivity contribution >= 4 is 28.0 Å². The Kier molecular flexibility index (Phi) is 4.12. The van der Waals surface area contributed by atoms with Crippen molar-refractivity contribution in [2.75, 3.05) is 5.32 Å². The van der Waals surface area contributed by atoms with Crippen LogP contribution in [0.4, 0.5) is 9.52 Å². The lowest BCUT2D eigenvalue weighted by molar-refractivity contribution is 0.102. The van der Waals surface area contributed by atoms with Crippen LogP contribution in [-0.2, 0) is 6.42 Å². The lowest BCUT2D eigenvalue weighted by Gasteiger charge is -2.02. The fraction of sp³-hybridized carbons (Fsp3) is 0.200. The van der Waals surface area contributed by atoms with Gasteiger partial charge in [0.25, 0.3) is 5.91 Å². The van der Waals surface area contributed by atoms with E-state index in [-0.39, 0.29) is 11.7 Å². The zero-order valence-corrected chi connectivity index (χ0v) is 15.6. The fourth-order valence-corrected chi connectivity index (χ4v) is 4.25. The number of aromatic nitrogens is 4. The number of carbonyl (C=O) groups excluding carboxylic acids is 1. The molecule has 0 bridgehead atoms. The second kappa shape index (κ2) is 6.79. The minimum Gasteiger partial charge on any atom is -0.298 e. The van der Waals surface area contributed by atoms with Gasteiger partial charge < -0.3 is 0 Å². The van der Waals surface area contributed by atoms with Crippen molar-refractivity contribution < 1.29 is 9.18 Å². The predicted molar refractivity (Wildman–Crippen MR) is 104 cm³/mol. The molecule has 1 amide bonds. The zero-order valence-electron chi connectivity index (χ0n) is 14.8. The lowest BCUT2D eigenvalue weighted by Crippen LogP contribution is -2.11. The van der Waals surface area contributed by atoms with Crippen molar-refractivity contribution in [1.82, 2.24) is 19.6 Å². The average Bonchev–Trinajstić information content (AvgIpc) is 3.33. The SMILES string of the molecule is O=C(Nc1nc(C2CC2)c(Cc2ccccc2F)s1)c1cnn2cccnc12. The van der Waals surface area contributed by atoms with Gasteiger partial charge in [-0.3, -0.25) is 10.1 Å². The molecule has 0 aliphatic heterocycles. The van der Waals surface area contributed by atoms with Crippen LogP contribution in [-0.4, -0.2) is 25.5 Å². The van der Waals surface area contributed by atoms with Crippen LogP contribution in [0.2, 0.25) is 0 Å². The largest absolute Gasteiger partial charge is 0.298 e. The summed E-state index contributed by atoms with van der Waals surface area (Å²) in [6.45, 7) is 0. The second-order valence-electron chi connectivity index (χ2n) is 6.77. The van der Waals surface area contributed by atoms with Crippen molar-refractivity contribution in [3.63, 3.8) is 0 Å². The van der Waals surface area contributed by atoms with Crippen LogP contribution >= 0.6 is 11.3 Å². The molecular weight excluding hydrogens is 377 g/mol. The Morgan fingerprint density at radius 1 is 1.29 bits per heavy atom. The number of nitrogens with zero attached hydrogens (tertiary/aromatic N) is 4. The van der Waals surface area contributed by atoms with Gasteiger partial charge in [0, 0.05) is 29.6 Å². The Labute approximate surface area is 164 Å². The predicted octanol–water partition coefficient (Wildman–Crippen LogP) is 4.05. The number of benzene rings is 1. The summed E-state index contributed by atoms with van der Waals surface area (Å²) in [4.78, 5) is 22.6. The third-order valence-electron chi connectivity index (χ3n) is 4.74. The van der Waals surface area contributed by atoms with Crippen LogP contribution in [0, 0.1) is 5.82 Å². The third kappa shape index (κ3) is 3.16. The Hall–Kier alpha value is -3.13. The number of amides is 1. The molecule has 1 aromatic carbocycles. The summed E-state index contributed by atoms with van der Waals surface area (Å²) in [5.41, 5.74) is 2.49. The molecule has 0 radical (unpaired) electrons. The first kappa shape index (κ1) is 17.0. The molecule has 4 aromatic rings. The van der Waals surface area contributed by atoms with Crippen molar-refractivity contribution in [2.24, 2.45) is 0 Å². The van der Waals surface area contributed by atoms with Gasteiger partial charge in [0.1, 0.15) is 11.4 Å². The fourth-order valence-electron chi connectivity index (χ4n) is 3.19. The summed E-state index contributed by atoms with van der Waals surface area (Å²) in [6.07, 6.45) is 7.49. The first-order chi connectivity index (χ1) is 13.7. The molecule has 0 saturated heterocycles. The highest BCUT2D eigenvalue weighted by Crippen LogP contribution is 2.44. The molecule has 0 spiro atoms. The van der Waals surface area contributed by atoms with Crippen molar-refractivity contribution in [3.05, 3.63) is 76.4 Å². The number of rotatable bonds is 5. The average molecular weight is 393 g/mol. The minimum absolute atomic E-state index is 0.222. The molecule has 6 nitrogen and oxygen atoms in total. The topological polar surface area (TPSA) is 72.2 Å². The van der Waals surface area contributed by atoms with Gasteiger partial charge in [-0.1, -0.05) is 18.2 Å². The van der Waals surface area contributed by atoms with E-state index >= 15 is 0 Å². The van der Waals surface area contributed by atoms with Crippen LogP contribution in [0.1, 0.15) is 45.3 Å². The molecule has 1 aliphatic rings. The van der Waals surface area contributed by atoms with E-state index in [2.05, 4.69) is 20.4 Å². The molecule has 5 rings (SSSR count). The van der Waals surface area contributed by atoms with Crippen LogP contribution in [0.5, 0.6) is 0 Å². The summed E-state index contributed by atoms with van der Waals surface area (Å²) in [5.74, 6) is -0.120. The van der Waals surface area contributed by atoms with Crippen LogP contribution in [0.15, 0.2) is 48.9 Å². The van der Waals surface area contributed by atoms with E-state index in [0.717, 1.165) is 23.4 Å². The minimum atomic E-state index is -0.303. The molecule has 3 aromatic heterocycles. The summed E-state index contributed by atoms with van der Waals surface area (Å²) >= 11 is 1.41. The summed E-state index contributed by atoms with van der Waals surface area (Å²) in [7, 11) is 0.